The van der Waals surface area contributed by atoms with Crippen LogP contribution in [-0.4, -0.2) is 49.9 Å². The second kappa shape index (κ2) is 11.7. The number of pyridine rings is 1. The van der Waals surface area contributed by atoms with Crippen LogP contribution in [0.15, 0.2) is 54.6 Å². The van der Waals surface area contributed by atoms with Gasteiger partial charge in [0.05, 0.1) is 23.0 Å². The number of fused-ring (bicyclic) bond motifs is 1. The van der Waals surface area contributed by atoms with Crippen LogP contribution < -0.4 is 15.4 Å². The average molecular weight is 525 g/mol. The Morgan fingerprint density at radius 3 is 2.30 bits per heavy atom. The molecule has 0 unspecified atom stereocenters. The maximum atomic E-state index is 13.3. The molecule has 1 aromatic heterocycles. The van der Waals surface area contributed by atoms with Gasteiger partial charge in [-0.3, -0.25) is 4.79 Å². The van der Waals surface area contributed by atoms with E-state index in [2.05, 4.69) is 15.4 Å². The molecule has 0 radical (unpaired) electrons. The number of hydrogen-bond donors (Lipinski definition) is 4. The van der Waals surface area contributed by atoms with E-state index >= 15 is 0 Å². The van der Waals surface area contributed by atoms with Crippen molar-refractivity contribution in [2.45, 2.75) is 32.2 Å². The first-order valence-electron chi connectivity index (χ1n) is 12.4. The standard InChI is InChI=1S/C27H32N4O5S/c1-37(35,36)30-17-20-5-4-6-21(13-20)25-14-23(22-7-2-3-8-24(22)31-25)26(32)28-15-18-9-11-19(12-10-18)16-29-27(33)34/h2-8,13-14,18-19,29-30H,9-12,15-17H2,1H3,(H,28,32)(H,33,34)/t18-,19-. The number of carboxylic acid groups (broad SMARTS) is 1. The van der Waals surface area contributed by atoms with Crippen LogP contribution in [0.3, 0.4) is 0 Å². The van der Waals surface area contributed by atoms with E-state index in [0.29, 0.717) is 41.7 Å². The summed E-state index contributed by atoms with van der Waals surface area (Å²) in [6, 6.07) is 16.7. The Morgan fingerprint density at radius 2 is 1.62 bits per heavy atom. The van der Waals surface area contributed by atoms with Crippen molar-refractivity contribution >= 4 is 32.9 Å². The Morgan fingerprint density at radius 1 is 0.946 bits per heavy atom. The van der Waals surface area contributed by atoms with Gasteiger partial charge < -0.3 is 15.7 Å². The molecule has 2 aromatic carbocycles. The minimum Gasteiger partial charge on any atom is -0.465 e. The second-order valence-electron chi connectivity index (χ2n) is 9.65. The van der Waals surface area contributed by atoms with Crippen molar-refractivity contribution in [3.8, 4) is 11.3 Å². The first-order valence-corrected chi connectivity index (χ1v) is 14.3. The molecule has 37 heavy (non-hydrogen) atoms. The van der Waals surface area contributed by atoms with Crippen molar-refractivity contribution in [1.29, 1.82) is 0 Å². The van der Waals surface area contributed by atoms with E-state index in [1.807, 2.05) is 48.5 Å². The molecule has 4 rings (SSSR count). The van der Waals surface area contributed by atoms with Crippen LogP contribution in [0.1, 0.15) is 41.6 Å². The Balaban J connectivity index is 1.48. The molecule has 0 aliphatic heterocycles. The summed E-state index contributed by atoms with van der Waals surface area (Å²) < 4.78 is 25.5. The number of nitrogens with one attached hydrogen (secondary N) is 3. The fourth-order valence-electron chi connectivity index (χ4n) is 4.77. The predicted molar refractivity (Wildman–Crippen MR) is 143 cm³/mol. The summed E-state index contributed by atoms with van der Waals surface area (Å²) in [5, 5.41) is 15.1. The molecule has 0 bridgehead atoms. The fourth-order valence-corrected chi connectivity index (χ4v) is 5.20. The number of hydrogen-bond acceptors (Lipinski definition) is 5. The Kier molecular flexibility index (Phi) is 8.40. The van der Waals surface area contributed by atoms with Gasteiger partial charge in [-0.25, -0.2) is 22.9 Å². The number of carbonyl (C=O) groups excluding carboxylic acids is 1. The molecule has 1 aliphatic carbocycles. The maximum absolute atomic E-state index is 13.3. The van der Waals surface area contributed by atoms with Crippen LogP contribution in [0.25, 0.3) is 22.2 Å². The lowest BCUT2D eigenvalue weighted by atomic mass is 9.82. The molecular weight excluding hydrogens is 492 g/mol. The van der Waals surface area contributed by atoms with Crippen LogP contribution >= 0.6 is 0 Å². The van der Waals surface area contributed by atoms with Gasteiger partial charge in [-0.05, 0) is 61.3 Å². The van der Waals surface area contributed by atoms with Crippen molar-refractivity contribution in [2.24, 2.45) is 11.8 Å². The molecule has 2 amide bonds. The van der Waals surface area contributed by atoms with Gasteiger partial charge in [0.15, 0.2) is 0 Å². The lowest BCUT2D eigenvalue weighted by molar-refractivity contribution is 0.0942. The maximum Gasteiger partial charge on any atom is 0.404 e. The first kappa shape index (κ1) is 26.6. The van der Waals surface area contributed by atoms with Crippen molar-refractivity contribution in [1.82, 2.24) is 20.3 Å². The Bertz CT molecular complexity index is 1380. The van der Waals surface area contributed by atoms with Gasteiger partial charge in [-0.2, -0.15) is 0 Å². The summed E-state index contributed by atoms with van der Waals surface area (Å²) in [7, 11) is -3.32. The van der Waals surface area contributed by atoms with Crippen LogP contribution in [0.5, 0.6) is 0 Å². The summed E-state index contributed by atoms with van der Waals surface area (Å²) in [5.74, 6) is 0.541. The molecule has 3 aromatic rings. The molecule has 196 valence electrons. The van der Waals surface area contributed by atoms with E-state index in [4.69, 9.17) is 10.1 Å². The largest absolute Gasteiger partial charge is 0.465 e. The third kappa shape index (κ3) is 7.50. The zero-order valence-corrected chi connectivity index (χ0v) is 21.6. The molecule has 9 nitrogen and oxygen atoms in total. The molecular formula is C27H32N4O5S. The molecule has 10 heteroatoms. The SMILES string of the molecule is CS(=O)(=O)NCc1cccc(-c2cc(C(=O)NC[C@H]3CC[C@H](CNC(=O)O)CC3)c3ccccc3n2)c1. The number of sulfonamides is 1. The number of rotatable bonds is 9. The Labute approximate surface area is 216 Å². The first-order chi connectivity index (χ1) is 17.7. The highest BCUT2D eigenvalue weighted by Gasteiger charge is 2.23. The van der Waals surface area contributed by atoms with Crippen molar-refractivity contribution in [3.05, 3.63) is 65.7 Å². The van der Waals surface area contributed by atoms with Gasteiger partial charge in [-0.1, -0.05) is 36.4 Å². The van der Waals surface area contributed by atoms with Gasteiger partial charge in [0, 0.05) is 30.6 Å². The van der Waals surface area contributed by atoms with E-state index in [1.165, 1.54) is 0 Å². The van der Waals surface area contributed by atoms with E-state index < -0.39 is 16.1 Å². The number of nitrogens with zero attached hydrogens (tertiary/aromatic N) is 1. The molecule has 4 N–H and O–H groups in total. The minimum absolute atomic E-state index is 0.163. The minimum atomic E-state index is -3.32. The fraction of sp³-hybridized carbons (Fsp3) is 0.370. The molecule has 1 aliphatic rings. The molecule has 1 heterocycles. The highest BCUT2D eigenvalue weighted by atomic mass is 32.2. The summed E-state index contributed by atoms with van der Waals surface area (Å²) >= 11 is 0. The van der Waals surface area contributed by atoms with E-state index in [0.717, 1.165) is 48.5 Å². The van der Waals surface area contributed by atoms with Crippen LogP contribution in [0.2, 0.25) is 0 Å². The smallest absolute Gasteiger partial charge is 0.404 e. The van der Waals surface area contributed by atoms with Crippen molar-refractivity contribution < 1.29 is 23.1 Å². The number of para-hydroxylation sites is 1. The molecule has 0 spiro atoms. The van der Waals surface area contributed by atoms with Gasteiger partial charge >= 0.3 is 6.09 Å². The quantitative estimate of drug-likeness (QED) is 0.336. The highest BCUT2D eigenvalue weighted by molar-refractivity contribution is 7.88. The van der Waals surface area contributed by atoms with Gasteiger partial charge in [-0.15, -0.1) is 0 Å². The lowest BCUT2D eigenvalue weighted by Crippen LogP contribution is -2.34. The highest BCUT2D eigenvalue weighted by Crippen LogP contribution is 2.29. The predicted octanol–water partition coefficient (Wildman–Crippen LogP) is 3.75. The summed E-state index contributed by atoms with van der Waals surface area (Å²) in [6.45, 7) is 1.21. The van der Waals surface area contributed by atoms with E-state index in [9.17, 15) is 18.0 Å². The third-order valence-electron chi connectivity index (χ3n) is 6.78. The Hall–Kier alpha value is -3.50. The molecule has 1 saturated carbocycles. The number of benzene rings is 2. The van der Waals surface area contributed by atoms with Gasteiger partial charge in [0.25, 0.3) is 5.91 Å². The van der Waals surface area contributed by atoms with E-state index in [1.54, 1.807) is 6.07 Å². The zero-order valence-electron chi connectivity index (χ0n) is 20.7. The summed E-state index contributed by atoms with van der Waals surface area (Å²) in [4.78, 5) is 28.8. The van der Waals surface area contributed by atoms with Crippen LogP contribution in [0, 0.1) is 11.8 Å². The lowest BCUT2D eigenvalue weighted by Gasteiger charge is -2.28. The van der Waals surface area contributed by atoms with Crippen molar-refractivity contribution in [2.75, 3.05) is 19.3 Å². The van der Waals surface area contributed by atoms with Crippen LogP contribution in [-0.2, 0) is 16.6 Å². The van der Waals surface area contributed by atoms with Crippen molar-refractivity contribution in [3.63, 3.8) is 0 Å². The molecule has 1 fully saturated rings. The van der Waals surface area contributed by atoms with Gasteiger partial charge in [0.2, 0.25) is 10.0 Å². The number of aromatic nitrogens is 1. The van der Waals surface area contributed by atoms with Crippen LogP contribution in [0.4, 0.5) is 4.79 Å². The number of carbonyl (C=O) groups is 2. The van der Waals surface area contributed by atoms with Gasteiger partial charge in [0.1, 0.15) is 0 Å². The second-order valence-corrected chi connectivity index (χ2v) is 11.5. The average Bonchev–Trinajstić information content (AvgIpc) is 2.89. The van der Waals surface area contributed by atoms with E-state index in [-0.39, 0.29) is 12.5 Å². The summed E-state index contributed by atoms with van der Waals surface area (Å²) in [6.07, 6.45) is 3.90. The third-order valence-corrected chi connectivity index (χ3v) is 7.45. The topological polar surface area (TPSA) is 137 Å². The number of amides is 2. The zero-order chi connectivity index (χ0) is 26.4. The molecule has 0 saturated heterocycles. The summed E-state index contributed by atoms with van der Waals surface area (Å²) in [5.41, 5.74) is 3.46. The monoisotopic (exact) mass is 524 g/mol. The normalized spacial score (nSPS) is 17.9. The molecule has 0 atom stereocenters.